The number of nitrogens with zero attached hydrogens (tertiary/aromatic N) is 5. The molecule has 54 heavy (non-hydrogen) atoms. The van der Waals surface area contributed by atoms with Crippen molar-refractivity contribution in [3.05, 3.63) is 42.8 Å². The fraction of sp³-hybridized carbons (Fsp3) is 0.707. The molecule has 0 saturated carbocycles. The smallest absolute Gasteiger partial charge is 0.247 e. The summed E-state index contributed by atoms with van der Waals surface area (Å²) in [6, 6.07) is 6.97. The van der Waals surface area contributed by atoms with Gasteiger partial charge in [-0.25, -0.2) is 4.99 Å². The van der Waals surface area contributed by atoms with Gasteiger partial charge in [-0.15, -0.1) is 0 Å². The van der Waals surface area contributed by atoms with Crippen LogP contribution in [0.2, 0.25) is 0 Å². The molecular weight excluding hydrogens is 686 g/mol. The zero-order valence-corrected chi connectivity index (χ0v) is 35.3. The molecule has 0 spiro atoms. The summed E-state index contributed by atoms with van der Waals surface area (Å²) in [5, 5.41) is 5.78. The largest absolute Gasteiger partial charge is 0.379 e. The van der Waals surface area contributed by atoms with Gasteiger partial charge in [-0.3, -0.25) is 19.2 Å². The maximum absolute atomic E-state index is 14.3. The van der Waals surface area contributed by atoms with Crippen LogP contribution in [0.5, 0.6) is 0 Å². The predicted octanol–water partition coefficient (Wildman–Crippen LogP) is 3.48. The van der Waals surface area contributed by atoms with Crippen molar-refractivity contribution in [3.63, 3.8) is 0 Å². The molecule has 1 radical (unpaired) electrons. The fourth-order valence-corrected chi connectivity index (χ4v) is 7.47. The summed E-state index contributed by atoms with van der Waals surface area (Å²) >= 11 is 0. The van der Waals surface area contributed by atoms with Crippen molar-refractivity contribution in [3.8, 4) is 0 Å². The standard InChI is InChI=1S/C41H70N7O6/c1-15-28(6)36(47(12)40(52)35(26(2)3)44-41(45(8)9)46(10)11)33(53-13)25-34(49)48-23-19-22-32(48)37(54-14)29(7)38(50)43-31(39(51)42-27(4)5)24-30-20-17-16-18-21-30/h16-18,20-21,26-29,31-33,35-37H,4,15,19,22-25H2,1-3,5-14H3,(H,42,51)(H,43,50)/t27-,28-,29+,31-,32-,33+,35-,36-,37+/m0/s1. The Morgan fingerprint density at radius 2 is 1.54 bits per heavy atom. The summed E-state index contributed by atoms with van der Waals surface area (Å²) in [7, 11) is 12.5. The summed E-state index contributed by atoms with van der Waals surface area (Å²) < 4.78 is 12.0. The van der Waals surface area contributed by atoms with Crippen LogP contribution in [-0.4, -0.2) is 148 Å². The number of nitrogens with one attached hydrogen (secondary N) is 2. The number of ether oxygens (including phenoxy) is 2. The minimum Gasteiger partial charge on any atom is -0.379 e. The molecule has 0 unspecified atom stereocenters. The van der Waals surface area contributed by atoms with Crippen molar-refractivity contribution in [2.75, 3.05) is 56.0 Å². The number of benzene rings is 1. The van der Waals surface area contributed by atoms with E-state index < -0.39 is 36.3 Å². The summed E-state index contributed by atoms with van der Waals surface area (Å²) in [5.74, 6) is -0.945. The number of aliphatic imine (C=N–C) groups is 1. The van der Waals surface area contributed by atoms with Crippen molar-refractivity contribution < 1.29 is 28.7 Å². The topological polar surface area (TPSA) is 136 Å². The first-order valence-electron chi connectivity index (χ1n) is 19.4. The average Bonchev–Trinajstić information content (AvgIpc) is 3.60. The molecule has 1 aromatic carbocycles. The Balaban J connectivity index is 2.32. The van der Waals surface area contributed by atoms with Crippen molar-refractivity contribution in [2.45, 2.75) is 116 Å². The summed E-state index contributed by atoms with van der Waals surface area (Å²) in [6.07, 6.45) is 1.34. The number of carbonyl (C=O) groups is 4. The molecule has 1 heterocycles. The van der Waals surface area contributed by atoms with E-state index in [2.05, 4.69) is 31.4 Å². The summed E-state index contributed by atoms with van der Waals surface area (Å²) in [4.78, 5) is 67.7. The second kappa shape index (κ2) is 22.0. The van der Waals surface area contributed by atoms with Crippen LogP contribution < -0.4 is 10.6 Å². The molecule has 2 N–H and O–H groups in total. The van der Waals surface area contributed by atoms with E-state index in [1.54, 1.807) is 44.9 Å². The minimum absolute atomic E-state index is 0.0213. The van der Waals surface area contributed by atoms with Crippen LogP contribution in [0.25, 0.3) is 0 Å². The molecule has 1 aliphatic heterocycles. The van der Waals surface area contributed by atoms with Crippen molar-refractivity contribution in [2.24, 2.45) is 22.7 Å². The first kappa shape index (κ1) is 46.4. The molecule has 1 aromatic rings. The lowest BCUT2D eigenvalue weighted by molar-refractivity contribution is -0.146. The third-order valence-electron chi connectivity index (χ3n) is 10.5. The predicted molar refractivity (Wildman–Crippen MR) is 215 cm³/mol. The fourth-order valence-electron chi connectivity index (χ4n) is 7.47. The van der Waals surface area contributed by atoms with Gasteiger partial charge in [-0.05, 0) is 44.1 Å². The highest BCUT2D eigenvalue weighted by Gasteiger charge is 2.43. The van der Waals surface area contributed by atoms with Crippen molar-refractivity contribution >= 4 is 29.6 Å². The van der Waals surface area contributed by atoms with Gasteiger partial charge in [-0.1, -0.05) is 71.4 Å². The number of likely N-dealkylation sites (tertiary alicyclic amines) is 1. The maximum atomic E-state index is 14.3. The molecule has 0 bridgehead atoms. The Kier molecular flexibility index (Phi) is 18.9. The number of guanidine groups is 1. The lowest BCUT2D eigenvalue weighted by Gasteiger charge is -2.40. The van der Waals surface area contributed by atoms with E-state index in [4.69, 9.17) is 14.5 Å². The zero-order valence-electron chi connectivity index (χ0n) is 35.3. The highest BCUT2D eigenvalue weighted by atomic mass is 16.5. The number of hydrogen-bond acceptors (Lipinski definition) is 7. The maximum Gasteiger partial charge on any atom is 0.247 e. The third kappa shape index (κ3) is 12.7. The van der Waals surface area contributed by atoms with Gasteiger partial charge in [-0.2, -0.15) is 0 Å². The van der Waals surface area contributed by atoms with Crippen molar-refractivity contribution in [1.29, 1.82) is 0 Å². The second-order valence-electron chi connectivity index (χ2n) is 15.7. The van der Waals surface area contributed by atoms with Crippen LogP contribution in [-0.2, 0) is 35.1 Å². The van der Waals surface area contributed by atoms with Crippen LogP contribution in [0, 0.1) is 24.7 Å². The molecule has 1 aliphatic rings. The van der Waals surface area contributed by atoms with Gasteiger partial charge in [0, 0.05) is 68.5 Å². The highest BCUT2D eigenvalue weighted by Crippen LogP contribution is 2.30. The molecular formula is C41H70N7O6. The lowest BCUT2D eigenvalue weighted by Crippen LogP contribution is -2.56. The molecule has 9 atom stereocenters. The summed E-state index contributed by atoms with van der Waals surface area (Å²) in [5.41, 5.74) is 0.910. The molecule has 1 fully saturated rings. The van der Waals surface area contributed by atoms with E-state index in [0.717, 1.165) is 18.4 Å². The van der Waals surface area contributed by atoms with Crippen LogP contribution in [0.15, 0.2) is 35.3 Å². The van der Waals surface area contributed by atoms with E-state index in [9.17, 15) is 19.2 Å². The Morgan fingerprint density at radius 1 is 0.926 bits per heavy atom. The molecule has 4 amide bonds. The SMILES string of the molecule is [CH2][C@@H](C)NC(=O)[C@H](Cc1ccccc1)NC(=O)[C@H](C)[C@@H](OC)[C@@H]1CCCN1C(=O)C[C@@H](OC)[C@H]([C@@H](C)CC)N(C)C(=O)[C@@H](N=C(N(C)C)N(C)C)C(C)C. The lowest BCUT2D eigenvalue weighted by atomic mass is 9.89. The van der Waals surface area contributed by atoms with E-state index in [1.165, 1.54) is 0 Å². The van der Waals surface area contributed by atoms with Gasteiger partial charge < -0.3 is 39.7 Å². The molecule has 305 valence electrons. The van der Waals surface area contributed by atoms with Gasteiger partial charge in [0.25, 0.3) is 0 Å². The van der Waals surface area contributed by atoms with E-state index in [-0.39, 0.29) is 54.0 Å². The van der Waals surface area contributed by atoms with E-state index >= 15 is 0 Å². The van der Waals surface area contributed by atoms with Crippen LogP contribution in [0.3, 0.4) is 0 Å². The molecule has 13 nitrogen and oxygen atoms in total. The molecule has 0 aliphatic carbocycles. The van der Waals surface area contributed by atoms with Gasteiger partial charge in [0.05, 0.1) is 36.6 Å². The van der Waals surface area contributed by atoms with Crippen LogP contribution in [0.4, 0.5) is 0 Å². The quantitative estimate of drug-likeness (QED) is 0.162. The van der Waals surface area contributed by atoms with Crippen LogP contribution in [0.1, 0.15) is 72.8 Å². The molecule has 1 saturated heterocycles. The normalized spacial score (nSPS) is 18.2. The number of hydrogen-bond donors (Lipinski definition) is 2. The number of amides is 4. The molecule has 13 heteroatoms. The van der Waals surface area contributed by atoms with Gasteiger partial charge in [0.2, 0.25) is 23.6 Å². The monoisotopic (exact) mass is 757 g/mol. The van der Waals surface area contributed by atoms with Crippen molar-refractivity contribution in [1.82, 2.24) is 30.2 Å². The number of likely N-dealkylation sites (N-methyl/N-ethyl adjacent to an activating group) is 1. The highest BCUT2D eigenvalue weighted by molar-refractivity contribution is 5.89. The Morgan fingerprint density at radius 3 is 2.04 bits per heavy atom. The average molecular weight is 757 g/mol. The Hall–Kier alpha value is -3.71. The molecule has 0 aromatic heterocycles. The number of rotatable bonds is 19. The Bertz CT molecular complexity index is 1360. The zero-order chi connectivity index (χ0) is 40.9. The summed E-state index contributed by atoms with van der Waals surface area (Å²) in [6.45, 7) is 16.0. The third-order valence-corrected chi connectivity index (χ3v) is 10.5. The van der Waals surface area contributed by atoms with Crippen LogP contribution >= 0.6 is 0 Å². The van der Waals surface area contributed by atoms with Gasteiger partial charge >= 0.3 is 0 Å². The van der Waals surface area contributed by atoms with E-state index in [0.29, 0.717) is 25.3 Å². The van der Waals surface area contributed by atoms with E-state index in [1.807, 2.05) is 82.2 Å². The number of methoxy groups -OCH3 is 2. The van der Waals surface area contributed by atoms with Gasteiger partial charge in [0.1, 0.15) is 12.1 Å². The second-order valence-corrected chi connectivity index (χ2v) is 15.7. The minimum atomic E-state index is -0.816. The first-order valence-corrected chi connectivity index (χ1v) is 19.4. The number of carbonyl (C=O) groups excluding carboxylic acids is 4. The molecule has 2 rings (SSSR count). The Labute approximate surface area is 325 Å². The van der Waals surface area contributed by atoms with Gasteiger partial charge in [0.15, 0.2) is 5.96 Å². The first-order chi connectivity index (χ1) is 25.4.